The van der Waals surface area contributed by atoms with Crippen LogP contribution < -0.4 is 11.5 Å². The highest BCUT2D eigenvalue weighted by molar-refractivity contribution is 5.95. The second-order valence-corrected chi connectivity index (χ2v) is 6.99. The van der Waals surface area contributed by atoms with Crippen molar-refractivity contribution in [3.63, 3.8) is 0 Å². The first-order valence-corrected chi connectivity index (χ1v) is 8.37. The van der Waals surface area contributed by atoms with Crippen molar-refractivity contribution in [1.82, 2.24) is 4.90 Å². The lowest BCUT2D eigenvalue weighted by atomic mass is 10.0. The molecule has 7 heteroatoms. The molecule has 1 aromatic rings. The number of hydrogen-bond acceptors (Lipinski definition) is 6. The summed E-state index contributed by atoms with van der Waals surface area (Å²) in [6.45, 7) is 7.32. The normalized spacial score (nSPS) is 13.8. The minimum atomic E-state index is -0.837. The maximum Gasteiger partial charge on any atom is 0.417 e. The third kappa shape index (κ3) is 6.36. The Labute approximate surface area is 148 Å². The third-order valence-corrected chi connectivity index (χ3v) is 3.63. The maximum absolute atomic E-state index is 12.8. The molecule has 0 aliphatic rings. The van der Waals surface area contributed by atoms with Crippen LogP contribution in [0.25, 0.3) is 0 Å². The number of nitrogens with zero attached hydrogens (tertiary/aromatic N) is 1. The van der Waals surface area contributed by atoms with Gasteiger partial charge in [-0.1, -0.05) is 12.1 Å². The zero-order valence-electron chi connectivity index (χ0n) is 15.4. The molecule has 2 unspecified atom stereocenters. The molecule has 5 N–H and O–H groups in total. The van der Waals surface area contributed by atoms with E-state index in [1.54, 1.807) is 39.8 Å². The van der Waals surface area contributed by atoms with E-state index in [0.717, 1.165) is 4.90 Å². The van der Waals surface area contributed by atoms with E-state index in [1.807, 2.05) is 0 Å². The highest BCUT2D eigenvalue weighted by Gasteiger charge is 2.34. The molecular weight excluding hydrogens is 322 g/mol. The Kier molecular flexibility index (Phi) is 7.38. The summed E-state index contributed by atoms with van der Waals surface area (Å²) in [4.78, 5) is 26.4. The maximum atomic E-state index is 12.8. The summed E-state index contributed by atoms with van der Waals surface area (Å²) in [7, 11) is 0. The van der Waals surface area contributed by atoms with Crippen LogP contribution in [0.4, 0.5) is 4.79 Å². The third-order valence-electron chi connectivity index (χ3n) is 3.63. The number of hydrogen-bond donors (Lipinski definition) is 3. The van der Waals surface area contributed by atoms with Gasteiger partial charge in [-0.2, -0.15) is 0 Å². The van der Waals surface area contributed by atoms with Crippen molar-refractivity contribution in [2.75, 3.05) is 6.54 Å². The molecule has 7 nitrogen and oxygen atoms in total. The molecule has 140 valence electrons. The van der Waals surface area contributed by atoms with Crippen LogP contribution in [-0.2, 0) is 9.53 Å². The summed E-state index contributed by atoms with van der Waals surface area (Å²) < 4.78 is 5.38. The van der Waals surface area contributed by atoms with Gasteiger partial charge in [-0.3, -0.25) is 4.79 Å². The minimum absolute atomic E-state index is 0.103. The SMILES string of the molecule is CC(c1ccc(O)cc1)N(C(=O)OC(C)(C)C)C(=O)C(N)CCCN. The van der Waals surface area contributed by atoms with Gasteiger partial charge in [0.25, 0.3) is 0 Å². The van der Waals surface area contributed by atoms with Crippen LogP contribution in [0.5, 0.6) is 5.75 Å². The highest BCUT2D eigenvalue weighted by atomic mass is 16.6. The lowest BCUT2D eigenvalue weighted by molar-refractivity contribution is -0.133. The van der Waals surface area contributed by atoms with E-state index in [9.17, 15) is 14.7 Å². The van der Waals surface area contributed by atoms with E-state index in [1.165, 1.54) is 12.1 Å². The van der Waals surface area contributed by atoms with E-state index in [-0.39, 0.29) is 5.75 Å². The first-order valence-electron chi connectivity index (χ1n) is 8.37. The number of rotatable bonds is 6. The van der Waals surface area contributed by atoms with E-state index in [2.05, 4.69) is 0 Å². The fourth-order valence-electron chi connectivity index (χ4n) is 2.29. The number of carbonyl (C=O) groups excluding carboxylic acids is 2. The van der Waals surface area contributed by atoms with Crippen molar-refractivity contribution in [2.45, 2.75) is 58.2 Å². The van der Waals surface area contributed by atoms with E-state index < -0.39 is 29.7 Å². The van der Waals surface area contributed by atoms with Gasteiger partial charge in [0.05, 0.1) is 12.1 Å². The van der Waals surface area contributed by atoms with Crippen molar-refractivity contribution in [2.24, 2.45) is 11.5 Å². The lowest BCUT2D eigenvalue weighted by Gasteiger charge is -2.32. The molecule has 0 aliphatic carbocycles. The standard InChI is InChI=1S/C18H29N3O4/c1-12(13-7-9-14(22)10-8-13)21(17(24)25-18(2,3)4)16(23)15(20)6-5-11-19/h7-10,12,15,22H,5-6,11,19-20H2,1-4H3. The van der Waals surface area contributed by atoms with Crippen molar-refractivity contribution in [3.8, 4) is 5.75 Å². The number of aromatic hydroxyl groups is 1. The summed E-state index contributed by atoms with van der Waals surface area (Å²) in [5.41, 5.74) is 11.4. The summed E-state index contributed by atoms with van der Waals surface area (Å²) >= 11 is 0. The molecule has 0 heterocycles. The van der Waals surface area contributed by atoms with Crippen molar-refractivity contribution in [1.29, 1.82) is 0 Å². The van der Waals surface area contributed by atoms with Gasteiger partial charge in [-0.15, -0.1) is 0 Å². The van der Waals surface area contributed by atoms with Crippen LogP contribution >= 0.6 is 0 Å². The summed E-state index contributed by atoms with van der Waals surface area (Å²) in [6.07, 6.45) is 0.223. The number of phenolic OH excluding ortho intramolecular Hbond substituents is 1. The van der Waals surface area contributed by atoms with Gasteiger partial charge in [-0.05, 0) is 64.8 Å². The van der Waals surface area contributed by atoms with E-state index >= 15 is 0 Å². The minimum Gasteiger partial charge on any atom is -0.508 e. The topological polar surface area (TPSA) is 119 Å². The fraction of sp³-hybridized carbons (Fsp3) is 0.556. The molecule has 0 aliphatic heterocycles. The molecule has 25 heavy (non-hydrogen) atoms. The average Bonchev–Trinajstić information content (AvgIpc) is 2.51. The molecule has 0 saturated heterocycles. The number of carbonyl (C=O) groups is 2. The largest absolute Gasteiger partial charge is 0.508 e. The zero-order chi connectivity index (χ0) is 19.2. The Morgan fingerprint density at radius 3 is 2.28 bits per heavy atom. The Morgan fingerprint density at radius 1 is 1.24 bits per heavy atom. The first kappa shape index (κ1) is 20.9. The van der Waals surface area contributed by atoms with Crippen molar-refractivity contribution < 1.29 is 19.4 Å². The number of imide groups is 1. The monoisotopic (exact) mass is 351 g/mol. The fourth-order valence-corrected chi connectivity index (χ4v) is 2.29. The molecule has 0 radical (unpaired) electrons. The quantitative estimate of drug-likeness (QED) is 0.723. The Morgan fingerprint density at radius 2 is 1.80 bits per heavy atom. The number of nitrogens with two attached hydrogens (primary N) is 2. The Bertz CT molecular complexity index is 581. The molecule has 0 aromatic heterocycles. The van der Waals surface area contributed by atoms with Crippen LogP contribution in [0.2, 0.25) is 0 Å². The molecule has 1 rings (SSSR count). The van der Waals surface area contributed by atoms with Gasteiger partial charge in [0, 0.05) is 0 Å². The van der Waals surface area contributed by atoms with Gasteiger partial charge >= 0.3 is 6.09 Å². The molecule has 0 spiro atoms. The lowest BCUT2D eigenvalue weighted by Crippen LogP contribution is -2.49. The molecule has 1 aromatic carbocycles. The average molecular weight is 351 g/mol. The number of amides is 2. The molecule has 0 bridgehead atoms. The molecule has 2 atom stereocenters. The summed E-state index contributed by atoms with van der Waals surface area (Å²) in [5.74, 6) is -0.408. The van der Waals surface area contributed by atoms with Gasteiger partial charge in [-0.25, -0.2) is 9.69 Å². The molecular formula is C18H29N3O4. The van der Waals surface area contributed by atoms with Crippen molar-refractivity contribution >= 4 is 12.0 Å². The Balaban J connectivity index is 3.11. The highest BCUT2D eigenvalue weighted by Crippen LogP contribution is 2.25. The second kappa shape index (κ2) is 8.82. The van der Waals surface area contributed by atoms with Gasteiger partial charge in [0.2, 0.25) is 5.91 Å². The van der Waals surface area contributed by atoms with E-state index in [0.29, 0.717) is 24.9 Å². The van der Waals surface area contributed by atoms with Crippen LogP contribution in [0.1, 0.15) is 52.1 Å². The van der Waals surface area contributed by atoms with Crippen molar-refractivity contribution in [3.05, 3.63) is 29.8 Å². The summed E-state index contributed by atoms with van der Waals surface area (Å²) in [6, 6.07) is 4.87. The van der Waals surface area contributed by atoms with Gasteiger partial charge < -0.3 is 21.3 Å². The van der Waals surface area contributed by atoms with Crippen LogP contribution in [-0.4, -0.2) is 40.2 Å². The predicted octanol–water partition coefficient (Wildman–Crippen LogP) is 2.28. The predicted molar refractivity (Wildman–Crippen MR) is 95.9 cm³/mol. The zero-order valence-corrected chi connectivity index (χ0v) is 15.4. The van der Waals surface area contributed by atoms with Gasteiger partial charge in [0.15, 0.2) is 0 Å². The first-order chi connectivity index (χ1) is 11.6. The number of phenols is 1. The van der Waals surface area contributed by atoms with Crippen LogP contribution in [0.15, 0.2) is 24.3 Å². The molecule has 0 fully saturated rings. The van der Waals surface area contributed by atoms with Crippen LogP contribution in [0.3, 0.4) is 0 Å². The smallest absolute Gasteiger partial charge is 0.417 e. The molecule has 0 saturated carbocycles. The number of ether oxygens (including phenoxy) is 1. The number of benzene rings is 1. The summed E-state index contributed by atoms with van der Waals surface area (Å²) in [5, 5.41) is 9.43. The van der Waals surface area contributed by atoms with E-state index in [4.69, 9.17) is 16.2 Å². The van der Waals surface area contributed by atoms with Gasteiger partial charge in [0.1, 0.15) is 11.4 Å². The second-order valence-electron chi connectivity index (χ2n) is 6.99. The molecule has 2 amide bonds. The Hall–Kier alpha value is -2.12. The van der Waals surface area contributed by atoms with Crippen LogP contribution in [0, 0.1) is 0 Å².